The predicted octanol–water partition coefficient (Wildman–Crippen LogP) is 5.97. The lowest BCUT2D eigenvalue weighted by Gasteiger charge is -2.47. The molecule has 1 N–H and O–H groups in total. The average molecular weight is 369 g/mol. The van der Waals surface area contributed by atoms with Gasteiger partial charge in [-0.25, -0.2) is 9.18 Å². The Morgan fingerprint density at radius 3 is 2.48 bits per heavy atom. The number of nitrogens with zero attached hydrogens (tertiary/aromatic N) is 1. The van der Waals surface area contributed by atoms with Gasteiger partial charge in [0.25, 0.3) is 0 Å². The van der Waals surface area contributed by atoms with Crippen molar-refractivity contribution in [2.75, 3.05) is 6.54 Å². The lowest BCUT2D eigenvalue weighted by molar-refractivity contribution is 0.0799. The van der Waals surface area contributed by atoms with E-state index >= 15 is 0 Å². The van der Waals surface area contributed by atoms with E-state index in [1.165, 1.54) is 30.5 Å². The van der Waals surface area contributed by atoms with Crippen molar-refractivity contribution in [2.45, 2.75) is 57.4 Å². The first-order valence-corrected chi connectivity index (χ1v) is 9.94. The summed E-state index contributed by atoms with van der Waals surface area (Å²) in [5.41, 5.74) is 2.34. The van der Waals surface area contributed by atoms with E-state index in [1.807, 2.05) is 18.2 Å². The van der Waals surface area contributed by atoms with E-state index in [2.05, 4.69) is 13.0 Å². The zero-order chi connectivity index (χ0) is 19.3. The Bertz CT molecular complexity index is 774. The fraction of sp³-hybridized carbons (Fsp3) is 0.435. The van der Waals surface area contributed by atoms with E-state index in [9.17, 15) is 14.3 Å². The maximum absolute atomic E-state index is 13.6. The van der Waals surface area contributed by atoms with Gasteiger partial charge in [0.05, 0.1) is 5.54 Å². The Kier molecular flexibility index (Phi) is 6.15. The summed E-state index contributed by atoms with van der Waals surface area (Å²) in [7, 11) is 0. The Morgan fingerprint density at radius 2 is 1.78 bits per heavy atom. The number of carboxylic acid groups (broad SMARTS) is 1. The number of hydrogen-bond acceptors (Lipinski definition) is 1. The van der Waals surface area contributed by atoms with Crippen LogP contribution in [-0.4, -0.2) is 22.6 Å². The number of amides is 1. The molecule has 3 rings (SSSR count). The molecular formula is C23H28FNO2. The van der Waals surface area contributed by atoms with Gasteiger partial charge >= 0.3 is 6.09 Å². The summed E-state index contributed by atoms with van der Waals surface area (Å²) in [6.45, 7) is 2.64. The highest BCUT2D eigenvalue weighted by atomic mass is 19.1. The molecule has 1 aliphatic heterocycles. The Labute approximate surface area is 160 Å². The van der Waals surface area contributed by atoms with Gasteiger partial charge in [-0.05, 0) is 41.7 Å². The highest BCUT2D eigenvalue weighted by molar-refractivity contribution is 5.69. The minimum Gasteiger partial charge on any atom is -0.465 e. The zero-order valence-corrected chi connectivity index (χ0v) is 16.0. The van der Waals surface area contributed by atoms with E-state index in [1.54, 1.807) is 17.0 Å². The quantitative estimate of drug-likeness (QED) is 0.611. The molecule has 27 heavy (non-hydrogen) atoms. The first-order valence-electron chi connectivity index (χ1n) is 9.94. The molecule has 1 aliphatic rings. The molecule has 4 heteroatoms. The third-order valence-electron chi connectivity index (χ3n) is 5.72. The van der Waals surface area contributed by atoms with Crippen LogP contribution < -0.4 is 0 Å². The number of carbonyl (C=O) groups is 1. The highest BCUT2D eigenvalue weighted by Crippen LogP contribution is 2.45. The summed E-state index contributed by atoms with van der Waals surface area (Å²) in [4.78, 5) is 13.8. The average Bonchev–Trinajstić information content (AvgIpc) is 2.68. The van der Waals surface area contributed by atoms with E-state index in [-0.39, 0.29) is 5.82 Å². The minimum absolute atomic E-state index is 0.303. The van der Waals surface area contributed by atoms with Crippen molar-refractivity contribution >= 4 is 6.09 Å². The Hall–Kier alpha value is -2.36. The minimum atomic E-state index is -0.914. The third kappa shape index (κ3) is 3.85. The van der Waals surface area contributed by atoms with Crippen LogP contribution in [0.25, 0.3) is 0 Å². The zero-order valence-electron chi connectivity index (χ0n) is 16.0. The van der Waals surface area contributed by atoms with Crippen molar-refractivity contribution in [2.24, 2.45) is 0 Å². The Balaban J connectivity index is 2.07. The van der Waals surface area contributed by atoms with Gasteiger partial charge in [0.15, 0.2) is 0 Å². The monoisotopic (exact) mass is 369 g/mol. The van der Waals surface area contributed by atoms with Crippen LogP contribution in [-0.2, 0) is 12.0 Å². The van der Waals surface area contributed by atoms with Crippen LogP contribution >= 0.6 is 0 Å². The molecule has 0 fully saturated rings. The molecule has 0 saturated heterocycles. The lowest BCUT2D eigenvalue weighted by atomic mass is 9.72. The SMILES string of the molecule is CCCCCCC[C@]1(c2ccc(F)cc2)c2ccccc2CCN1C(=O)O. The molecule has 144 valence electrons. The molecule has 1 heterocycles. The van der Waals surface area contributed by atoms with Crippen LogP contribution in [0.15, 0.2) is 48.5 Å². The summed E-state index contributed by atoms with van der Waals surface area (Å²) in [5.74, 6) is -0.303. The fourth-order valence-corrected chi connectivity index (χ4v) is 4.40. The van der Waals surface area contributed by atoms with Crippen LogP contribution in [0.2, 0.25) is 0 Å². The molecule has 2 aromatic carbocycles. The molecule has 1 atom stereocenters. The van der Waals surface area contributed by atoms with Gasteiger partial charge in [0.1, 0.15) is 5.82 Å². The van der Waals surface area contributed by atoms with Crippen molar-refractivity contribution < 1.29 is 14.3 Å². The van der Waals surface area contributed by atoms with Gasteiger partial charge < -0.3 is 5.11 Å². The van der Waals surface area contributed by atoms with E-state index in [0.717, 1.165) is 30.4 Å². The molecule has 0 saturated carbocycles. The standard InChI is InChI=1S/C23H28FNO2/c1-2-3-4-5-8-16-23(19-11-13-20(24)14-12-19)21-10-7-6-9-18(21)15-17-25(23)22(26)27/h6-7,9-14H,2-5,8,15-17H2,1H3,(H,26,27)/t23-/m0/s1. The largest absolute Gasteiger partial charge is 0.465 e. The number of unbranched alkanes of at least 4 members (excludes halogenated alkanes) is 4. The van der Waals surface area contributed by atoms with Crippen LogP contribution in [0.5, 0.6) is 0 Å². The maximum Gasteiger partial charge on any atom is 0.408 e. The summed E-state index contributed by atoms with van der Waals surface area (Å²) in [6.07, 6.45) is 6.05. The van der Waals surface area contributed by atoms with Crippen molar-refractivity contribution in [1.82, 2.24) is 4.90 Å². The molecule has 2 aromatic rings. The highest BCUT2D eigenvalue weighted by Gasteiger charge is 2.46. The number of rotatable bonds is 7. The molecular weight excluding hydrogens is 341 g/mol. The normalized spacial score (nSPS) is 19.0. The van der Waals surface area contributed by atoms with Crippen LogP contribution in [0, 0.1) is 5.82 Å². The second kappa shape index (κ2) is 8.55. The van der Waals surface area contributed by atoms with Crippen molar-refractivity contribution in [3.63, 3.8) is 0 Å². The molecule has 0 aromatic heterocycles. The van der Waals surface area contributed by atoms with Crippen molar-refractivity contribution in [3.05, 3.63) is 71.0 Å². The summed E-state index contributed by atoms with van der Waals surface area (Å²) in [5, 5.41) is 10.0. The molecule has 0 aliphatic carbocycles. The molecule has 1 amide bonds. The third-order valence-corrected chi connectivity index (χ3v) is 5.72. The number of benzene rings is 2. The first kappa shape index (κ1) is 19.4. The van der Waals surface area contributed by atoms with Gasteiger partial charge in [-0.1, -0.05) is 75.4 Å². The van der Waals surface area contributed by atoms with Crippen LogP contribution in [0.3, 0.4) is 0 Å². The van der Waals surface area contributed by atoms with Crippen molar-refractivity contribution in [3.8, 4) is 0 Å². The number of halogens is 1. The van der Waals surface area contributed by atoms with E-state index < -0.39 is 11.6 Å². The first-order chi connectivity index (χ1) is 13.1. The second-order valence-electron chi connectivity index (χ2n) is 7.37. The molecule has 0 bridgehead atoms. The summed E-state index contributed by atoms with van der Waals surface area (Å²) >= 11 is 0. The van der Waals surface area contributed by atoms with Crippen LogP contribution in [0.4, 0.5) is 9.18 Å². The second-order valence-corrected chi connectivity index (χ2v) is 7.37. The topological polar surface area (TPSA) is 40.5 Å². The Morgan fingerprint density at radius 1 is 1.07 bits per heavy atom. The van der Waals surface area contributed by atoms with Gasteiger partial charge in [0, 0.05) is 6.54 Å². The van der Waals surface area contributed by atoms with Crippen molar-refractivity contribution in [1.29, 1.82) is 0 Å². The molecule has 0 spiro atoms. The summed E-state index contributed by atoms with van der Waals surface area (Å²) < 4.78 is 13.6. The predicted molar refractivity (Wildman–Crippen MR) is 105 cm³/mol. The number of hydrogen-bond donors (Lipinski definition) is 1. The maximum atomic E-state index is 13.6. The van der Waals surface area contributed by atoms with Gasteiger partial charge in [0.2, 0.25) is 0 Å². The lowest BCUT2D eigenvalue weighted by Crippen LogP contribution is -2.53. The molecule has 0 unspecified atom stereocenters. The number of fused-ring (bicyclic) bond motifs is 1. The van der Waals surface area contributed by atoms with E-state index in [0.29, 0.717) is 19.4 Å². The van der Waals surface area contributed by atoms with Gasteiger partial charge in [-0.3, -0.25) is 4.90 Å². The smallest absolute Gasteiger partial charge is 0.408 e. The molecule has 3 nitrogen and oxygen atoms in total. The van der Waals surface area contributed by atoms with Crippen LogP contribution in [0.1, 0.15) is 62.1 Å². The van der Waals surface area contributed by atoms with Gasteiger partial charge in [-0.15, -0.1) is 0 Å². The molecule has 0 radical (unpaired) electrons. The van der Waals surface area contributed by atoms with E-state index in [4.69, 9.17) is 0 Å². The van der Waals surface area contributed by atoms with Gasteiger partial charge in [-0.2, -0.15) is 0 Å². The fourth-order valence-electron chi connectivity index (χ4n) is 4.40. The summed E-state index contributed by atoms with van der Waals surface area (Å²) in [6, 6.07) is 14.5.